The summed E-state index contributed by atoms with van der Waals surface area (Å²) in [5.41, 5.74) is -0.178. The number of hydrogen-bond acceptors (Lipinski definition) is 5. The maximum absolute atomic E-state index is 11.5. The van der Waals surface area contributed by atoms with Gasteiger partial charge < -0.3 is 14.6 Å². The number of hydrogen-bond donors (Lipinski definition) is 1. The number of methoxy groups -OCH3 is 2. The lowest BCUT2D eigenvalue weighted by molar-refractivity contribution is 0.0696. The Morgan fingerprint density at radius 1 is 1.24 bits per heavy atom. The summed E-state index contributed by atoms with van der Waals surface area (Å²) in [6, 6.07) is 2.24. The Hall–Kier alpha value is -1.76. The number of aromatic carboxylic acids is 1. The number of benzene rings is 1. The molecule has 0 heterocycles. The number of carbonyl (C=O) groups is 1. The van der Waals surface area contributed by atoms with E-state index in [1.54, 1.807) is 0 Å². The molecular weight excluding hydrogens is 248 g/mol. The molecular formula is C10H12O6S. The number of rotatable bonds is 4. The minimum absolute atomic E-state index is 0.000000000000000444. The van der Waals surface area contributed by atoms with Crippen LogP contribution in [0.2, 0.25) is 0 Å². The van der Waals surface area contributed by atoms with E-state index in [1.165, 1.54) is 20.3 Å². The Morgan fingerprint density at radius 3 is 2.18 bits per heavy atom. The summed E-state index contributed by atoms with van der Waals surface area (Å²) in [7, 11) is -1.02. The van der Waals surface area contributed by atoms with E-state index >= 15 is 0 Å². The van der Waals surface area contributed by atoms with Crippen molar-refractivity contribution in [3.05, 3.63) is 17.7 Å². The molecule has 1 rings (SSSR count). The van der Waals surface area contributed by atoms with Crippen LogP contribution in [0.15, 0.2) is 17.0 Å². The maximum Gasteiger partial charge on any atom is 0.335 e. The Labute approximate surface area is 98.7 Å². The minimum Gasteiger partial charge on any atom is -0.493 e. The first-order valence-electron chi connectivity index (χ1n) is 4.50. The standard InChI is InChI=1S/C10H12O6S/c1-15-7-4-6(10(11)12)5-8(9(7)16-2)17(3,13)14/h4-5H,1-3H3,(H,11,12). The molecule has 1 aromatic rings. The summed E-state index contributed by atoms with van der Waals surface area (Å²) in [5.74, 6) is -1.18. The molecule has 0 aliphatic carbocycles. The van der Waals surface area contributed by atoms with Crippen molar-refractivity contribution in [3.63, 3.8) is 0 Å². The maximum atomic E-state index is 11.5. The fraction of sp³-hybridized carbons (Fsp3) is 0.300. The lowest BCUT2D eigenvalue weighted by atomic mass is 10.2. The van der Waals surface area contributed by atoms with Gasteiger partial charge in [0.25, 0.3) is 0 Å². The van der Waals surface area contributed by atoms with E-state index in [-0.39, 0.29) is 22.0 Å². The largest absolute Gasteiger partial charge is 0.493 e. The van der Waals surface area contributed by atoms with E-state index in [0.29, 0.717) is 0 Å². The molecule has 0 aromatic heterocycles. The van der Waals surface area contributed by atoms with Crippen molar-refractivity contribution in [3.8, 4) is 11.5 Å². The number of sulfone groups is 1. The normalized spacial score (nSPS) is 11.0. The first-order chi connectivity index (χ1) is 7.81. The molecule has 0 spiro atoms. The Morgan fingerprint density at radius 2 is 1.82 bits per heavy atom. The second kappa shape index (κ2) is 4.62. The zero-order valence-corrected chi connectivity index (χ0v) is 10.4. The molecule has 94 valence electrons. The van der Waals surface area contributed by atoms with Crippen LogP contribution in [0.4, 0.5) is 0 Å². The highest BCUT2D eigenvalue weighted by atomic mass is 32.2. The predicted molar refractivity (Wildman–Crippen MR) is 59.6 cm³/mol. The van der Waals surface area contributed by atoms with E-state index in [4.69, 9.17) is 14.6 Å². The van der Waals surface area contributed by atoms with Gasteiger partial charge in [-0.3, -0.25) is 0 Å². The van der Waals surface area contributed by atoms with Crippen molar-refractivity contribution in [1.82, 2.24) is 0 Å². The van der Waals surface area contributed by atoms with E-state index in [9.17, 15) is 13.2 Å². The van der Waals surface area contributed by atoms with Gasteiger partial charge >= 0.3 is 5.97 Å². The van der Waals surface area contributed by atoms with Gasteiger partial charge in [-0.05, 0) is 12.1 Å². The van der Waals surface area contributed by atoms with Gasteiger partial charge in [-0.2, -0.15) is 0 Å². The Kier molecular flexibility index (Phi) is 3.62. The molecule has 0 radical (unpaired) electrons. The zero-order chi connectivity index (χ0) is 13.2. The summed E-state index contributed by atoms with van der Waals surface area (Å²) >= 11 is 0. The Balaban J connectivity index is 3.66. The molecule has 0 aliphatic heterocycles. The average molecular weight is 260 g/mol. The SMILES string of the molecule is COc1cc(C(=O)O)cc(S(C)(=O)=O)c1OC. The molecule has 0 fully saturated rings. The van der Waals surface area contributed by atoms with Crippen LogP contribution in [0.5, 0.6) is 11.5 Å². The third-order valence-corrected chi connectivity index (χ3v) is 3.19. The third kappa shape index (κ3) is 2.68. The lowest BCUT2D eigenvalue weighted by Crippen LogP contribution is -2.06. The fourth-order valence-electron chi connectivity index (χ4n) is 1.33. The summed E-state index contributed by atoms with van der Waals surface area (Å²) in [6.07, 6.45) is 0.968. The number of carboxylic acid groups (broad SMARTS) is 1. The molecule has 17 heavy (non-hydrogen) atoms. The monoisotopic (exact) mass is 260 g/mol. The first kappa shape index (κ1) is 13.3. The molecule has 1 aromatic carbocycles. The molecule has 0 saturated carbocycles. The van der Waals surface area contributed by atoms with Crippen LogP contribution < -0.4 is 9.47 Å². The molecule has 0 atom stereocenters. The smallest absolute Gasteiger partial charge is 0.335 e. The topological polar surface area (TPSA) is 89.9 Å². The fourth-order valence-corrected chi connectivity index (χ4v) is 2.19. The molecule has 1 N–H and O–H groups in total. The Bertz CT molecular complexity index is 546. The van der Waals surface area contributed by atoms with Crippen molar-refractivity contribution >= 4 is 15.8 Å². The highest BCUT2D eigenvalue weighted by Gasteiger charge is 2.22. The number of carboxylic acids is 1. The van der Waals surface area contributed by atoms with Gasteiger partial charge in [0.1, 0.15) is 4.90 Å². The van der Waals surface area contributed by atoms with Crippen LogP contribution in [-0.4, -0.2) is 40.0 Å². The van der Waals surface area contributed by atoms with Crippen molar-refractivity contribution in [1.29, 1.82) is 0 Å². The van der Waals surface area contributed by atoms with Crippen LogP contribution >= 0.6 is 0 Å². The first-order valence-corrected chi connectivity index (χ1v) is 6.39. The van der Waals surface area contributed by atoms with Gasteiger partial charge in [-0.25, -0.2) is 13.2 Å². The van der Waals surface area contributed by atoms with Gasteiger partial charge in [0.2, 0.25) is 0 Å². The van der Waals surface area contributed by atoms with Crippen molar-refractivity contribution in [2.45, 2.75) is 4.90 Å². The molecule has 0 amide bonds. The second-order valence-corrected chi connectivity index (χ2v) is 5.27. The quantitative estimate of drug-likeness (QED) is 0.861. The van der Waals surface area contributed by atoms with Gasteiger partial charge in [-0.1, -0.05) is 0 Å². The zero-order valence-electron chi connectivity index (χ0n) is 9.55. The minimum atomic E-state index is -3.60. The lowest BCUT2D eigenvalue weighted by Gasteiger charge is -2.12. The summed E-state index contributed by atoms with van der Waals surface area (Å²) < 4.78 is 32.9. The van der Waals surface area contributed by atoms with Gasteiger partial charge in [-0.15, -0.1) is 0 Å². The highest BCUT2D eigenvalue weighted by molar-refractivity contribution is 7.90. The van der Waals surface area contributed by atoms with E-state index in [1.807, 2.05) is 0 Å². The highest BCUT2D eigenvalue weighted by Crippen LogP contribution is 2.35. The van der Waals surface area contributed by atoms with E-state index in [0.717, 1.165) is 12.3 Å². The number of ether oxygens (including phenoxy) is 2. The molecule has 0 aliphatic rings. The third-order valence-electron chi connectivity index (χ3n) is 2.09. The van der Waals surface area contributed by atoms with Crippen molar-refractivity contribution in [2.24, 2.45) is 0 Å². The second-order valence-electron chi connectivity index (χ2n) is 3.29. The summed E-state index contributed by atoms with van der Waals surface area (Å²) in [6.45, 7) is 0. The average Bonchev–Trinajstić information content (AvgIpc) is 2.25. The van der Waals surface area contributed by atoms with Gasteiger partial charge in [0.05, 0.1) is 19.8 Å². The van der Waals surface area contributed by atoms with Crippen molar-refractivity contribution in [2.75, 3.05) is 20.5 Å². The van der Waals surface area contributed by atoms with Gasteiger partial charge in [0, 0.05) is 6.26 Å². The molecule has 0 unspecified atom stereocenters. The molecule has 7 heteroatoms. The molecule has 6 nitrogen and oxygen atoms in total. The molecule has 0 bridgehead atoms. The van der Waals surface area contributed by atoms with E-state index < -0.39 is 15.8 Å². The predicted octanol–water partition coefficient (Wildman–Crippen LogP) is 0.805. The van der Waals surface area contributed by atoms with Gasteiger partial charge in [0.15, 0.2) is 21.3 Å². The van der Waals surface area contributed by atoms with Crippen LogP contribution in [-0.2, 0) is 9.84 Å². The van der Waals surface area contributed by atoms with Crippen LogP contribution in [0.25, 0.3) is 0 Å². The van der Waals surface area contributed by atoms with Crippen molar-refractivity contribution < 1.29 is 27.8 Å². The summed E-state index contributed by atoms with van der Waals surface area (Å²) in [4.78, 5) is 10.6. The summed E-state index contributed by atoms with van der Waals surface area (Å²) in [5, 5.41) is 8.87. The van der Waals surface area contributed by atoms with Crippen LogP contribution in [0, 0.1) is 0 Å². The van der Waals surface area contributed by atoms with Crippen LogP contribution in [0.3, 0.4) is 0 Å². The van der Waals surface area contributed by atoms with Crippen LogP contribution in [0.1, 0.15) is 10.4 Å². The van der Waals surface area contributed by atoms with E-state index in [2.05, 4.69) is 0 Å². The molecule has 0 saturated heterocycles.